The largest absolute Gasteiger partial charge is 0.294 e. The molecule has 4 nitrogen and oxygen atoms in total. The van der Waals surface area contributed by atoms with Gasteiger partial charge in [-0.1, -0.05) is 30.3 Å². The molecule has 1 aliphatic rings. The highest BCUT2D eigenvalue weighted by Crippen LogP contribution is 2.84. The van der Waals surface area contributed by atoms with E-state index in [1.54, 1.807) is 30.9 Å². The van der Waals surface area contributed by atoms with Crippen LogP contribution in [0.2, 0.25) is 0 Å². The van der Waals surface area contributed by atoms with Gasteiger partial charge >= 0.3 is 0 Å². The summed E-state index contributed by atoms with van der Waals surface area (Å²) in [4.78, 5) is 12.3. The van der Waals surface area contributed by atoms with E-state index in [1.807, 2.05) is 6.07 Å². The molecule has 0 saturated carbocycles. The Bertz CT molecular complexity index is 699. The zero-order valence-corrected chi connectivity index (χ0v) is 15.9. The lowest BCUT2D eigenvalue weighted by atomic mass is 10.2. The SMILES string of the molecule is CP1(CC(=O)c2ccccc2)=NP(Cl)(Cl)=NP(Cl)(Cl)=N1. The van der Waals surface area contributed by atoms with Crippen LogP contribution >= 0.6 is 64.0 Å². The second-order valence-electron chi connectivity index (χ2n) is 4.22. The van der Waals surface area contributed by atoms with Crippen LogP contribution in [-0.4, -0.2) is 18.6 Å². The number of benzene rings is 1. The second kappa shape index (κ2) is 6.09. The topological polar surface area (TPSA) is 54.1 Å². The average Bonchev–Trinajstić information content (AvgIpc) is 2.24. The summed E-state index contributed by atoms with van der Waals surface area (Å²) in [5.41, 5.74) is 0.586. The molecule has 1 heterocycles. The molecule has 1 atom stereocenters. The van der Waals surface area contributed by atoms with Crippen molar-refractivity contribution in [3.63, 3.8) is 0 Å². The predicted molar refractivity (Wildman–Crippen MR) is 93.0 cm³/mol. The molecule has 0 aliphatic carbocycles. The van der Waals surface area contributed by atoms with Gasteiger partial charge in [-0.2, -0.15) is 4.52 Å². The number of ketones is 1. The Morgan fingerprint density at radius 2 is 1.55 bits per heavy atom. The van der Waals surface area contributed by atoms with Crippen LogP contribution in [0, 0.1) is 0 Å². The average molecular weight is 411 g/mol. The number of nitrogens with zero attached hydrogens (tertiary/aromatic N) is 3. The Kier molecular flexibility index (Phi) is 5.21. The Labute approximate surface area is 136 Å². The van der Waals surface area contributed by atoms with Crippen molar-refractivity contribution in [1.82, 2.24) is 0 Å². The van der Waals surface area contributed by atoms with E-state index in [4.69, 9.17) is 45.0 Å². The minimum absolute atomic E-state index is 0.0856. The van der Waals surface area contributed by atoms with Crippen molar-refractivity contribution in [1.29, 1.82) is 0 Å². The van der Waals surface area contributed by atoms with Gasteiger partial charge in [-0.25, -0.2) is 9.03 Å². The summed E-state index contributed by atoms with van der Waals surface area (Å²) >= 11 is 24.1. The standard InChI is InChI=1S/C9H10Cl4N3OP3/c1-18(7-9(17)8-5-3-2-4-6-8)14-19(10,11)16-20(12,13)15-18/h2-6H,7H2,1H3. The molecule has 0 saturated heterocycles. The Hall–Kier alpha value is 0.740. The van der Waals surface area contributed by atoms with Crippen LogP contribution in [0.4, 0.5) is 0 Å². The lowest BCUT2D eigenvalue weighted by molar-refractivity contribution is 0.102. The zero-order chi connectivity index (χ0) is 15.0. The monoisotopic (exact) mass is 409 g/mol. The van der Waals surface area contributed by atoms with Gasteiger partial charge in [-0.15, -0.1) is 0 Å². The Morgan fingerprint density at radius 3 is 2.10 bits per heavy atom. The van der Waals surface area contributed by atoms with Crippen LogP contribution in [0.1, 0.15) is 10.4 Å². The number of halogens is 4. The highest BCUT2D eigenvalue weighted by atomic mass is 35.9. The third kappa shape index (κ3) is 4.62. The molecule has 2 rings (SSSR count). The maximum Gasteiger partial charge on any atom is 0.255 e. The van der Waals surface area contributed by atoms with E-state index in [2.05, 4.69) is 13.5 Å². The van der Waals surface area contributed by atoms with Crippen LogP contribution in [0.5, 0.6) is 0 Å². The lowest BCUT2D eigenvalue weighted by Gasteiger charge is -2.23. The zero-order valence-electron chi connectivity index (χ0n) is 10.2. The van der Waals surface area contributed by atoms with Gasteiger partial charge in [-0.05, 0) is 51.6 Å². The third-order valence-electron chi connectivity index (χ3n) is 2.35. The first kappa shape index (κ1) is 17.1. The molecule has 1 aromatic carbocycles. The summed E-state index contributed by atoms with van der Waals surface area (Å²) in [6.45, 7) is 1.74. The maximum absolute atomic E-state index is 12.3. The molecular weight excluding hydrogens is 401 g/mol. The molecule has 1 aliphatic heterocycles. The molecule has 0 amide bonds. The summed E-state index contributed by atoms with van der Waals surface area (Å²) in [6, 6.07) is 8.88. The van der Waals surface area contributed by atoms with Crippen LogP contribution in [0.15, 0.2) is 43.9 Å². The van der Waals surface area contributed by atoms with Crippen molar-refractivity contribution in [2.24, 2.45) is 13.5 Å². The highest BCUT2D eigenvalue weighted by molar-refractivity contribution is 8.21. The first-order valence-corrected chi connectivity index (χ1v) is 14.7. The summed E-state index contributed by atoms with van der Waals surface area (Å²) < 4.78 is 12.4. The van der Waals surface area contributed by atoms with Crippen LogP contribution in [-0.2, 0) is 0 Å². The van der Waals surface area contributed by atoms with Gasteiger partial charge in [0.05, 0.1) is 13.4 Å². The molecule has 0 fully saturated rings. The molecule has 0 bridgehead atoms. The molecule has 0 N–H and O–H groups in total. The molecular formula is C9H10Cl4N3OP3. The number of rotatable bonds is 3. The number of hydrogen-bond acceptors (Lipinski definition) is 4. The van der Waals surface area contributed by atoms with Gasteiger partial charge in [0.2, 0.25) is 0 Å². The summed E-state index contributed by atoms with van der Waals surface area (Å²) in [7, 11) is -2.45. The molecule has 0 spiro atoms. The fourth-order valence-corrected chi connectivity index (χ4v) is 19.1. The van der Waals surface area contributed by atoms with Gasteiger partial charge in [0.15, 0.2) is 5.78 Å². The van der Waals surface area contributed by atoms with Crippen LogP contribution in [0.3, 0.4) is 0 Å². The van der Waals surface area contributed by atoms with Crippen molar-refractivity contribution < 1.29 is 4.79 Å². The minimum Gasteiger partial charge on any atom is -0.294 e. The van der Waals surface area contributed by atoms with Crippen molar-refractivity contribution in [2.45, 2.75) is 0 Å². The maximum atomic E-state index is 12.3. The molecule has 1 unspecified atom stereocenters. The molecule has 11 heteroatoms. The molecule has 20 heavy (non-hydrogen) atoms. The van der Waals surface area contributed by atoms with E-state index in [0.29, 0.717) is 5.56 Å². The number of carbonyl (C=O) groups excluding carboxylic acids is 1. The van der Waals surface area contributed by atoms with Crippen LogP contribution in [0.25, 0.3) is 0 Å². The van der Waals surface area contributed by atoms with E-state index >= 15 is 0 Å². The second-order valence-corrected chi connectivity index (χ2v) is 17.4. The van der Waals surface area contributed by atoms with Gasteiger partial charge in [-0.3, -0.25) is 4.79 Å². The van der Waals surface area contributed by atoms with Gasteiger partial charge < -0.3 is 0 Å². The van der Waals surface area contributed by atoms with Crippen molar-refractivity contribution >= 4 is 69.8 Å². The number of Topliss-reactive ketones (excluding diaryl/α,β-unsaturated/α-hetero) is 1. The van der Waals surface area contributed by atoms with E-state index in [9.17, 15) is 4.79 Å². The first-order valence-electron chi connectivity index (χ1n) is 5.36. The minimum atomic E-state index is -2.94. The van der Waals surface area contributed by atoms with Crippen LogP contribution < -0.4 is 0 Å². The Morgan fingerprint density at radius 1 is 1.00 bits per heavy atom. The van der Waals surface area contributed by atoms with E-state index in [-0.39, 0.29) is 11.9 Å². The smallest absolute Gasteiger partial charge is 0.255 e. The van der Waals surface area contributed by atoms with E-state index in [0.717, 1.165) is 0 Å². The third-order valence-corrected chi connectivity index (χ3v) is 14.6. The van der Waals surface area contributed by atoms with E-state index < -0.39 is 19.0 Å². The van der Waals surface area contributed by atoms with Crippen molar-refractivity contribution in [2.75, 3.05) is 12.8 Å². The number of carbonyl (C=O) groups is 1. The molecule has 110 valence electrons. The summed E-state index contributed by atoms with van der Waals surface area (Å²) in [5, 5.41) is 0. The molecule has 0 radical (unpaired) electrons. The summed E-state index contributed by atoms with van der Waals surface area (Å²) in [6.07, 6.45) is 0.106. The van der Waals surface area contributed by atoms with E-state index in [1.165, 1.54) is 0 Å². The lowest BCUT2D eigenvalue weighted by Crippen LogP contribution is -2.05. The van der Waals surface area contributed by atoms with Crippen molar-refractivity contribution in [3.05, 3.63) is 35.9 Å². The predicted octanol–water partition coefficient (Wildman–Crippen LogP) is 7.48. The van der Waals surface area contributed by atoms with Crippen molar-refractivity contribution in [3.8, 4) is 0 Å². The first-order chi connectivity index (χ1) is 9.11. The Balaban J connectivity index is 2.39. The van der Waals surface area contributed by atoms with Gasteiger partial charge in [0, 0.05) is 5.56 Å². The highest BCUT2D eigenvalue weighted by Gasteiger charge is 2.31. The van der Waals surface area contributed by atoms with Gasteiger partial charge in [0.1, 0.15) is 0 Å². The quantitative estimate of drug-likeness (QED) is 0.376. The van der Waals surface area contributed by atoms with Gasteiger partial charge in [0.25, 0.3) is 11.8 Å². The molecule has 1 aromatic rings. The molecule has 0 aromatic heterocycles. The fourth-order valence-electron chi connectivity index (χ4n) is 1.70. The normalized spacial score (nSPS) is 26.9. The number of hydrogen-bond donors (Lipinski definition) is 0. The summed E-state index contributed by atoms with van der Waals surface area (Å²) in [5.74, 6) is -5.97. The fraction of sp³-hybridized carbons (Fsp3) is 0.222.